The van der Waals surface area contributed by atoms with E-state index in [1.165, 1.54) is 0 Å². The van der Waals surface area contributed by atoms with Crippen molar-refractivity contribution in [2.45, 2.75) is 18.4 Å². The number of benzene rings is 2. The number of aryl methyl sites for hydroxylation is 1. The second-order valence-corrected chi connectivity index (χ2v) is 8.06. The highest BCUT2D eigenvalue weighted by atomic mass is 35.5. The summed E-state index contributed by atoms with van der Waals surface area (Å²) in [6, 6.07) is 13.5. The average Bonchev–Trinajstić information content (AvgIpc) is 2.97. The molecule has 0 saturated heterocycles. The summed E-state index contributed by atoms with van der Waals surface area (Å²) in [5.74, 6) is 0.251. The average molecular weight is 396 g/mol. The van der Waals surface area contributed by atoms with E-state index in [-0.39, 0.29) is 10.7 Å². The number of sulfonamides is 1. The number of hydrogen-bond acceptors (Lipinski definition) is 3. The van der Waals surface area contributed by atoms with Gasteiger partial charge in [-0.2, -0.15) is 5.10 Å². The van der Waals surface area contributed by atoms with Crippen LogP contribution in [0.15, 0.2) is 59.6 Å². The van der Waals surface area contributed by atoms with E-state index in [0.717, 1.165) is 11.1 Å². The van der Waals surface area contributed by atoms with E-state index in [9.17, 15) is 8.42 Å². The van der Waals surface area contributed by atoms with E-state index in [1.54, 1.807) is 53.3 Å². The van der Waals surface area contributed by atoms with Gasteiger partial charge < -0.3 is 0 Å². The van der Waals surface area contributed by atoms with Gasteiger partial charge in [0.1, 0.15) is 0 Å². The summed E-state index contributed by atoms with van der Waals surface area (Å²) in [5, 5.41) is 5.18. The zero-order valence-corrected chi connectivity index (χ0v) is 15.6. The number of nitrogens with one attached hydrogen (secondary N) is 1. The second-order valence-electron chi connectivity index (χ2n) is 5.57. The lowest BCUT2D eigenvalue weighted by Gasteiger charge is -2.06. The van der Waals surface area contributed by atoms with Gasteiger partial charge in [-0.1, -0.05) is 47.0 Å². The van der Waals surface area contributed by atoms with Gasteiger partial charge in [0.15, 0.2) is 5.82 Å². The monoisotopic (exact) mass is 395 g/mol. The molecule has 3 aromatic rings. The standard InChI is InChI=1S/C17H15Cl2N3O2S/c1-12-2-5-14(6-3-12)25(23,24)21-17-8-9-22(20-17)11-13-4-7-15(18)16(19)10-13/h2-10H,11H2,1H3,(H,20,21). The van der Waals surface area contributed by atoms with Gasteiger partial charge >= 0.3 is 0 Å². The third kappa shape index (κ3) is 4.34. The van der Waals surface area contributed by atoms with Crippen LogP contribution in [0.5, 0.6) is 0 Å². The van der Waals surface area contributed by atoms with Crippen molar-refractivity contribution in [2.75, 3.05) is 4.72 Å². The summed E-state index contributed by atoms with van der Waals surface area (Å²) in [4.78, 5) is 0.192. The van der Waals surface area contributed by atoms with E-state index >= 15 is 0 Å². The third-order valence-corrected chi connectivity index (χ3v) is 5.65. The molecule has 0 atom stereocenters. The Bertz CT molecular complexity index is 999. The van der Waals surface area contributed by atoms with Crippen LogP contribution >= 0.6 is 23.2 Å². The molecule has 0 fully saturated rings. The molecule has 0 aliphatic carbocycles. The van der Waals surface area contributed by atoms with Gasteiger partial charge in [-0.05, 0) is 36.8 Å². The SMILES string of the molecule is Cc1ccc(S(=O)(=O)Nc2ccn(Cc3ccc(Cl)c(Cl)c3)n2)cc1. The molecule has 0 aliphatic heterocycles. The first-order chi connectivity index (χ1) is 11.8. The number of nitrogens with zero attached hydrogens (tertiary/aromatic N) is 2. The van der Waals surface area contributed by atoms with Crippen LogP contribution in [0, 0.1) is 6.92 Å². The zero-order valence-electron chi connectivity index (χ0n) is 13.3. The van der Waals surface area contributed by atoms with Crippen molar-refractivity contribution in [3.63, 3.8) is 0 Å². The summed E-state index contributed by atoms with van der Waals surface area (Å²) in [5.41, 5.74) is 1.90. The Morgan fingerprint density at radius 1 is 1.04 bits per heavy atom. The Hall–Kier alpha value is -2.02. The van der Waals surface area contributed by atoms with E-state index in [1.807, 2.05) is 13.0 Å². The predicted octanol–water partition coefficient (Wildman–Crippen LogP) is 4.35. The van der Waals surface area contributed by atoms with Crippen molar-refractivity contribution < 1.29 is 8.42 Å². The van der Waals surface area contributed by atoms with Gasteiger partial charge in [0.25, 0.3) is 10.0 Å². The van der Waals surface area contributed by atoms with Crippen LogP contribution in [0.1, 0.15) is 11.1 Å². The highest BCUT2D eigenvalue weighted by molar-refractivity contribution is 7.92. The Balaban J connectivity index is 1.74. The molecule has 0 aliphatic rings. The van der Waals surface area contributed by atoms with E-state index in [4.69, 9.17) is 23.2 Å². The first kappa shape index (κ1) is 17.8. The molecule has 8 heteroatoms. The highest BCUT2D eigenvalue weighted by Crippen LogP contribution is 2.23. The lowest BCUT2D eigenvalue weighted by molar-refractivity contribution is 0.600. The van der Waals surface area contributed by atoms with Crippen molar-refractivity contribution >= 4 is 39.0 Å². The van der Waals surface area contributed by atoms with Gasteiger partial charge in [0, 0.05) is 12.3 Å². The summed E-state index contributed by atoms with van der Waals surface area (Å²) >= 11 is 11.9. The molecule has 25 heavy (non-hydrogen) atoms. The van der Waals surface area contributed by atoms with Crippen LogP contribution in [0.25, 0.3) is 0 Å². The molecule has 0 saturated carbocycles. The minimum absolute atomic E-state index is 0.192. The van der Waals surface area contributed by atoms with Gasteiger partial charge in [-0.15, -0.1) is 0 Å². The minimum Gasteiger partial charge on any atom is -0.266 e. The molecular weight excluding hydrogens is 381 g/mol. The number of aromatic nitrogens is 2. The molecular formula is C17H15Cl2N3O2S. The summed E-state index contributed by atoms with van der Waals surface area (Å²) in [7, 11) is -3.67. The Morgan fingerprint density at radius 2 is 1.76 bits per heavy atom. The molecule has 5 nitrogen and oxygen atoms in total. The second kappa shape index (κ2) is 7.07. The topological polar surface area (TPSA) is 64.0 Å². The van der Waals surface area contributed by atoms with E-state index in [0.29, 0.717) is 16.6 Å². The Morgan fingerprint density at radius 3 is 2.44 bits per heavy atom. The molecule has 3 rings (SSSR count). The van der Waals surface area contributed by atoms with Crippen molar-refractivity contribution in [1.29, 1.82) is 0 Å². The fraction of sp³-hybridized carbons (Fsp3) is 0.118. The van der Waals surface area contributed by atoms with Crippen molar-refractivity contribution in [2.24, 2.45) is 0 Å². The van der Waals surface area contributed by atoms with Gasteiger partial charge in [-0.25, -0.2) is 8.42 Å². The van der Waals surface area contributed by atoms with Gasteiger partial charge in [-0.3, -0.25) is 9.40 Å². The van der Waals surface area contributed by atoms with Crippen LogP contribution in [-0.2, 0) is 16.6 Å². The van der Waals surface area contributed by atoms with E-state index in [2.05, 4.69) is 9.82 Å². The van der Waals surface area contributed by atoms with Crippen LogP contribution < -0.4 is 4.72 Å². The lowest BCUT2D eigenvalue weighted by Crippen LogP contribution is -2.13. The molecule has 0 spiro atoms. The fourth-order valence-electron chi connectivity index (χ4n) is 2.24. The largest absolute Gasteiger partial charge is 0.266 e. The van der Waals surface area contributed by atoms with Crippen LogP contribution in [0.3, 0.4) is 0 Å². The third-order valence-electron chi connectivity index (χ3n) is 3.54. The normalized spacial score (nSPS) is 11.5. The van der Waals surface area contributed by atoms with Crippen LogP contribution in [0.4, 0.5) is 5.82 Å². The molecule has 0 bridgehead atoms. The zero-order chi connectivity index (χ0) is 18.0. The fourth-order valence-corrected chi connectivity index (χ4v) is 3.56. The molecule has 1 heterocycles. The number of rotatable bonds is 5. The van der Waals surface area contributed by atoms with Crippen LogP contribution in [-0.4, -0.2) is 18.2 Å². The highest BCUT2D eigenvalue weighted by Gasteiger charge is 2.15. The van der Waals surface area contributed by atoms with Gasteiger partial charge in [0.05, 0.1) is 21.5 Å². The lowest BCUT2D eigenvalue weighted by atomic mass is 10.2. The number of hydrogen-bond donors (Lipinski definition) is 1. The Labute approximate surface area is 156 Å². The molecule has 0 amide bonds. The maximum absolute atomic E-state index is 12.4. The van der Waals surface area contributed by atoms with Gasteiger partial charge in [0.2, 0.25) is 0 Å². The quantitative estimate of drug-likeness (QED) is 0.698. The first-order valence-electron chi connectivity index (χ1n) is 7.40. The summed E-state index contributed by atoms with van der Waals surface area (Å²) < 4.78 is 28.8. The van der Waals surface area contributed by atoms with Crippen LogP contribution in [0.2, 0.25) is 10.0 Å². The maximum Gasteiger partial charge on any atom is 0.263 e. The molecule has 0 radical (unpaired) electrons. The molecule has 130 valence electrons. The summed E-state index contributed by atoms with van der Waals surface area (Å²) in [6.07, 6.45) is 1.69. The number of halogens is 2. The smallest absolute Gasteiger partial charge is 0.263 e. The van der Waals surface area contributed by atoms with Crippen molar-refractivity contribution in [3.8, 4) is 0 Å². The van der Waals surface area contributed by atoms with Crippen molar-refractivity contribution in [3.05, 3.63) is 75.9 Å². The number of anilines is 1. The van der Waals surface area contributed by atoms with E-state index < -0.39 is 10.0 Å². The minimum atomic E-state index is -3.67. The predicted molar refractivity (Wildman–Crippen MR) is 99.8 cm³/mol. The maximum atomic E-state index is 12.4. The summed E-state index contributed by atoms with van der Waals surface area (Å²) in [6.45, 7) is 2.34. The Kier molecular flexibility index (Phi) is 5.03. The molecule has 2 aromatic carbocycles. The molecule has 1 N–H and O–H groups in total. The first-order valence-corrected chi connectivity index (χ1v) is 9.64. The molecule has 0 unspecified atom stereocenters. The molecule has 1 aromatic heterocycles. The van der Waals surface area contributed by atoms with Crippen molar-refractivity contribution in [1.82, 2.24) is 9.78 Å².